The van der Waals surface area contributed by atoms with Crippen LogP contribution in [0.4, 0.5) is 4.79 Å². The lowest BCUT2D eigenvalue weighted by Gasteiger charge is -2.30. The maximum atomic E-state index is 10.9. The lowest BCUT2D eigenvalue weighted by molar-refractivity contribution is -0.193. The number of halogens is 1. The molecular weight excluding hydrogens is 321 g/mol. The Hall–Kier alpha value is -0.820. The summed E-state index contributed by atoms with van der Waals surface area (Å²) >= 11 is 2.18. The van der Waals surface area contributed by atoms with Gasteiger partial charge < -0.3 is 15.2 Å². The summed E-state index contributed by atoms with van der Waals surface area (Å²) < 4.78 is 11.4. The molecule has 16 heavy (non-hydrogen) atoms. The molecule has 0 aliphatic carbocycles. The summed E-state index contributed by atoms with van der Waals surface area (Å²) in [7, 11) is 1.49. The number of methoxy groups -OCH3 is 1. The third-order valence-corrected chi connectivity index (χ3v) is 3.00. The number of rotatable bonds is 4. The molecular formula is C11H14INO3. The first kappa shape index (κ1) is 13.2. The summed E-state index contributed by atoms with van der Waals surface area (Å²) in [6, 6.07) is 7.57. The Morgan fingerprint density at radius 1 is 1.56 bits per heavy atom. The third kappa shape index (κ3) is 2.85. The minimum Gasteiger partial charge on any atom is -0.413 e. The highest BCUT2D eigenvalue weighted by atomic mass is 127. The molecule has 1 aromatic rings. The van der Waals surface area contributed by atoms with Crippen LogP contribution < -0.4 is 5.73 Å². The molecule has 88 valence electrons. The van der Waals surface area contributed by atoms with Gasteiger partial charge in [0.05, 0.1) is 0 Å². The molecule has 0 saturated carbocycles. The molecule has 2 N–H and O–H groups in total. The van der Waals surface area contributed by atoms with Crippen LogP contribution in [0.2, 0.25) is 0 Å². The summed E-state index contributed by atoms with van der Waals surface area (Å²) in [4.78, 5) is 10.9. The number of carbonyl (C=O) groups is 1. The number of primary amides is 1. The van der Waals surface area contributed by atoms with Gasteiger partial charge in [-0.15, -0.1) is 0 Å². The molecule has 0 saturated heterocycles. The van der Waals surface area contributed by atoms with E-state index in [0.717, 1.165) is 9.13 Å². The zero-order chi connectivity index (χ0) is 12.2. The predicted octanol–water partition coefficient (Wildman–Crippen LogP) is 2.60. The van der Waals surface area contributed by atoms with Gasteiger partial charge in [-0.25, -0.2) is 4.79 Å². The largest absolute Gasteiger partial charge is 0.413 e. The number of benzene rings is 1. The molecule has 1 aromatic carbocycles. The van der Waals surface area contributed by atoms with Gasteiger partial charge in [-0.3, -0.25) is 0 Å². The van der Waals surface area contributed by atoms with Crippen LogP contribution in [0.1, 0.15) is 18.9 Å². The Balaban J connectivity index is 3.14. The van der Waals surface area contributed by atoms with Crippen molar-refractivity contribution in [1.29, 1.82) is 0 Å². The van der Waals surface area contributed by atoms with Gasteiger partial charge in [-0.05, 0) is 34.7 Å². The molecule has 0 unspecified atom stereocenters. The highest BCUT2D eigenvalue weighted by Gasteiger charge is 2.34. The third-order valence-electron chi connectivity index (χ3n) is 2.33. The van der Waals surface area contributed by atoms with Gasteiger partial charge in [0, 0.05) is 22.7 Å². The van der Waals surface area contributed by atoms with E-state index in [4.69, 9.17) is 15.2 Å². The number of amides is 1. The Labute approximate surface area is 108 Å². The maximum absolute atomic E-state index is 10.9. The Morgan fingerprint density at radius 3 is 2.69 bits per heavy atom. The van der Waals surface area contributed by atoms with E-state index in [0.29, 0.717) is 6.42 Å². The predicted molar refractivity (Wildman–Crippen MR) is 68.8 cm³/mol. The van der Waals surface area contributed by atoms with Crippen molar-refractivity contribution in [2.75, 3.05) is 7.11 Å². The first-order valence-electron chi connectivity index (χ1n) is 4.83. The van der Waals surface area contributed by atoms with Crippen LogP contribution in [-0.4, -0.2) is 13.2 Å². The van der Waals surface area contributed by atoms with Crippen molar-refractivity contribution in [2.45, 2.75) is 19.1 Å². The molecule has 0 heterocycles. The number of carbonyl (C=O) groups excluding carboxylic acids is 1. The Bertz CT molecular complexity index is 377. The van der Waals surface area contributed by atoms with Gasteiger partial charge in [0.1, 0.15) is 0 Å². The van der Waals surface area contributed by atoms with E-state index in [1.807, 2.05) is 31.2 Å². The molecule has 4 nitrogen and oxygen atoms in total. The van der Waals surface area contributed by atoms with Crippen LogP contribution in [0.5, 0.6) is 0 Å². The van der Waals surface area contributed by atoms with Crippen molar-refractivity contribution in [2.24, 2.45) is 5.73 Å². The van der Waals surface area contributed by atoms with Gasteiger partial charge in [0.25, 0.3) is 0 Å². The van der Waals surface area contributed by atoms with Crippen LogP contribution >= 0.6 is 22.6 Å². The summed E-state index contributed by atoms with van der Waals surface area (Å²) in [6.07, 6.45) is -0.352. The first-order valence-corrected chi connectivity index (χ1v) is 5.91. The van der Waals surface area contributed by atoms with E-state index in [2.05, 4.69) is 22.6 Å². The van der Waals surface area contributed by atoms with Gasteiger partial charge in [0.2, 0.25) is 5.79 Å². The summed E-state index contributed by atoms with van der Waals surface area (Å²) in [6.45, 7) is 1.87. The molecule has 0 aliphatic heterocycles. The molecule has 0 aromatic heterocycles. The number of ether oxygens (including phenoxy) is 2. The second kappa shape index (κ2) is 5.49. The fourth-order valence-corrected chi connectivity index (χ4v) is 2.07. The smallest absolute Gasteiger partial charge is 0.407 e. The minimum atomic E-state index is -1.09. The van der Waals surface area contributed by atoms with Crippen molar-refractivity contribution in [1.82, 2.24) is 0 Å². The van der Waals surface area contributed by atoms with Crippen LogP contribution in [-0.2, 0) is 15.3 Å². The average Bonchev–Trinajstić information content (AvgIpc) is 2.25. The SMILES string of the molecule is CC[C@](OC)(OC(N)=O)c1cccc(I)c1. The first-order chi connectivity index (χ1) is 7.54. The van der Waals surface area contributed by atoms with Crippen molar-refractivity contribution >= 4 is 28.7 Å². The molecule has 0 fully saturated rings. The molecule has 1 amide bonds. The van der Waals surface area contributed by atoms with E-state index in [1.54, 1.807) is 0 Å². The Kier molecular flexibility index (Phi) is 4.55. The molecule has 0 bridgehead atoms. The van der Waals surface area contributed by atoms with E-state index < -0.39 is 11.9 Å². The minimum absolute atomic E-state index is 0.493. The van der Waals surface area contributed by atoms with Crippen LogP contribution in [0.3, 0.4) is 0 Å². The highest BCUT2D eigenvalue weighted by molar-refractivity contribution is 14.1. The quantitative estimate of drug-likeness (QED) is 0.680. The van der Waals surface area contributed by atoms with Crippen molar-refractivity contribution < 1.29 is 14.3 Å². The monoisotopic (exact) mass is 335 g/mol. The second-order valence-corrected chi connectivity index (χ2v) is 4.49. The fraction of sp³-hybridized carbons (Fsp3) is 0.364. The zero-order valence-electron chi connectivity index (χ0n) is 9.20. The number of hydrogen-bond acceptors (Lipinski definition) is 3. The van der Waals surface area contributed by atoms with Crippen LogP contribution in [0.15, 0.2) is 24.3 Å². The van der Waals surface area contributed by atoms with E-state index in [-0.39, 0.29) is 0 Å². The summed E-state index contributed by atoms with van der Waals surface area (Å²) in [5.41, 5.74) is 5.84. The summed E-state index contributed by atoms with van der Waals surface area (Å²) in [5.74, 6) is -1.09. The highest BCUT2D eigenvalue weighted by Crippen LogP contribution is 2.31. The van der Waals surface area contributed by atoms with Crippen LogP contribution in [0.25, 0.3) is 0 Å². The topological polar surface area (TPSA) is 61.6 Å². The van der Waals surface area contributed by atoms with Gasteiger partial charge in [-0.1, -0.05) is 19.1 Å². The van der Waals surface area contributed by atoms with E-state index in [1.165, 1.54) is 7.11 Å². The number of nitrogens with two attached hydrogens (primary N) is 1. The second-order valence-electron chi connectivity index (χ2n) is 3.24. The number of hydrogen-bond donors (Lipinski definition) is 1. The van der Waals surface area contributed by atoms with E-state index >= 15 is 0 Å². The molecule has 0 aliphatic rings. The van der Waals surface area contributed by atoms with Crippen molar-refractivity contribution in [3.05, 3.63) is 33.4 Å². The fourth-order valence-electron chi connectivity index (χ4n) is 1.53. The Morgan fingerprint density at radius 2 is 2.25 bits per heavy atom. The molecule has 1 rings (SSSR count). The lowest BCUT2D eigenvalue weighted by Crippen LogP contribution is -2.36. The lowest BCUT2D eigenvalue weighted by atomic mass is 10.0. The standard InChI is InChI=1S/C11H14INO3/c1-3-11(15-2,16-10(13)14)8-5-4-6-9(12)7-8/h4-7H,3H2,1-2H3,(H2,13,14)/t11-/m0/s1. The molecule has 5 heteroatoms. The maximum Gasteiger partial charge on any atom is 0.407 e. The van der Waals surface area contributed by atoms with Crippen molar-refractivity contribution in [3.63, 3.8) is 0 Å². The van der Waals surface area contributed by atoms with Gasteiger partial charge >= 0.3 is 6.09 Å². The van der Waals surface area contributed by atoms with Gasteiger partial charge in [-0.2, -0.15) is 0 Å². The zero-order valence-corrected chi connectivity index (χ0v) is 11.4. The molecule has 0 radical (unpaired) electrons. The van der Waals surface area contributed by atoms with E-state index in [9.17, 15) is 4.79 Å². The summed E-state index contributed by atoms with van der Waals surface area (Å²) in [5, 5.41) is 0. The van der Waals surface area contributed by atoms with Gasteiger partial charge in [0.15, 0.2) is 0 Å². The molecule has 0 spiro atoms. The average molecular weight is 335 g/mol. The normalized spacial score (nSPS) is 14.2. The van der Waals surface area contributed by atoms with Crippen LogP contribution in [0, 0.1) is 3.57 Å². The molecule has 1 atom stereocenters. The van der Waals surface area contributed by atoms with Crippen molar-refractivity contribution in [3.8, 4) is 0 Å².